The van der Waals surface area contributed by atoms with Crippen LogP contribution in [-0.2, 0) is 14.3 Å². The van der Waals surface area contributed by atoms with Crippen LogP contribution in [0.4, 0.5) is 5.69 Å². The molecular weight excluding hydrogens is 390 g/mol. The fraction of sp³-hybridized carbons (Fsp3) is 0.278. The summed E-state index contributed by atoms with van der Waals surface area (Å²) in [5, 5.41) is 10.7. The summed E-state index contributed by atoms with van der Waals surface area (Å²) in [6.07, 6.45) is 6.22. The highest BCUT2D eigenvalue weighted by molar-refractivity contribution is 9.09. The highest BCUT2D eigenvalue weighted by Crippen LogP contribution is 2.32. The van der Waals surface area contributed by atoms with Crippen molar-refractivity contribution in [1.29, 1.82) is 0 Å². The van der Waals surface area contributed by atoms with E-state index in [2.05, 4.69) is 15.9 Å². The highest BCUT2D eigenvalue weighted by Gasteiger charge is 2.27. The highest BCUT2D eigenvalue weighted by atomic mass is 79.9. The summed E-state index contributed by atoms with van der Waals surface area (Å²) in [6, 6.07) is 6.02. The summed E-state index contributed by atoms with van der Waals surface area (Å²) in [4.78, 5) is 22.6. The number of alkyl halides is 1. The molecule has 0 fully saturated rings. The number of nitro benzene ring substituents is 1. The molecule has 0 spiro atoms. The predicted octanol–water partition coefficient (Wildman–Crippen LogP) is 3.92. The van der Waals surface area contributed by atoms with E-state index in [0.29, 0.717) is 31.0 Å². The van der Waals surface area contributed by atoms with Crippen LogP contribution in [0.5, 0.6) is 0 Å². The lowest BCUT2D eigenvalue weighted by atomic mass is 9.98. The molecule has 0 radical (unpaired) electrons. The summed E-state index contributed by atoms with van der Waals surface area (Å²) < 4.78 is 11.3. The molecule has 0 saturated carbocycles. The molecule has 6 nitrogen and oxygen atoms in total. The average Bonchev–Trinajstić information content (AvgIpc) is 2.84. The second kappa shape index (κ2) is 7.65. The van der Waals surface area contributed by atoms with Gasteiger partial charge in [0.15, 0.2) is 11.5 Å². The number of rotatable bonds is 4. The third-order valence-corrected chi connectivity index (χ3v) is 4.72. The Bertz CT molecular complexity index is 779. The number of nitro groups is 1. The van der Waals surface area contributed by atoms with Gasteiger partial charge in [-0.3, -0.25) is 14.9 Å². The second-order valence-electron chi connectivity index (χ2n) is 5.66. The molecule has 7 heteroatoms. The molecule has 0 amide bonds. The van der Waals surface area contributed by atoms with Crippen molar-refractivity contribution >= 4 is 33.5 Å². The third kappa shape index (κ3) is 4.17. The molecule has 0 N–H and O–H groups in total. The van der Waals surface area contributed by atoms with Crippen molar-refractivity contribution in [2.75, 3.05) is 13.2 Å². The van der Waals surface area contributed by atoms with E-state index >= 15 is 0 Å². The predicted molar refractivity (Wildman–Crippen MR) is 96.1 cm³/mol. The Balaban J connectivity index is 1.75. The average molecular weight is 406 g/mol. The third-order valence-electron chi connectivity index (χ3n) is 3.90. The first-order valence-electron chi connectivity index (χ1n) is 7.86. The fourth-order valence-corrected chi connectivity index (χ4v) is 3.23. The summed E-state index contributed by atoms with van der Waals surface area (Å²) in [7, 11) is 0. The Morgan fingerprint density at radius 2 is 1.96 bits per heavy atom. The lowest BCUT2D eigenvalue weighted by molar-refractivity contribution is -0.384. The van der Waals surface area contributed by atoms with Crippen LogP contribution in [-0.4, -0.2) is 28.7 Å². The van der Waals surface area contributed by atoms with Crippen molar-refractivity contribution in [2.24, 2.45) is 0 Å². The van der Waals surface area contributed by atoms with Gasteiger partial charge >= 0.3 is 0 Å². The maximum Gasteiger partial charge on any atom is 0.269 e. The molecule has 1 heterocycles. The number of benzene rings is 1. The van der Waals surface area contributed by atoms with E-state index in [9.17, 15) is 14.9 Å². The van der Waals surface area contributed by atoms with Crippen LogP contribution in [0.3, 0.4) is 0 Å². The summed E-state index contributed by atoms with van der Waals surface area (Å²) >= 11 is 3.53. The standard InChI is InChI=1S/C18H16BrNO5/c19-15-11-18-17(24-8-1-9-25-18)10-14(15)16(21)7-4-12-2-5-13(6-3-12)20(22)23/h2-7,10,15H,1,8-9,11H2. The van der Waals surface area contributed by atoms with Crippen molar-refractivity contribution in [3.63, 3.8) is 0 Å². The molecule has 1 atom stereocenters. The van der Waals surface area contributed by atoms with Gasteiger partial charge in [-0.05, 0) is 29.8 Å². The van der Waals surface area contributed by atoms with Gasteiger partial charge in [0.1, 0.15) is 5.76 Å². The number of halogens is 1. The lowest BCUT2D eigenvalue weighted by Crippen LogP contribution is -2.18. The normalized spacial score (nSPS) is 20.2. The number of hydrogen-bond acceptors (Lipinski definition) is 5. The number of ketones is 1. The zero-order valence-corrected chi connectivity index (χ0v) is 14.9. The minimum Gasteiger partial charge on any atom is -0.494 e. The van der Waals surface area contributed by atoms with Crippen LogP contribution in [0.2, 0.25) is 0 Å². The van der Waals surface area contributed by atoms with E-state index in [0.717, 1.165) is 17.7 Å². The largest absolute Gasteiger partial charge is 0.494 e. The van der Waals surface area contributed by atoms with E-state index in [4.69, 9.17) is 9.47 Å². The summed E-state index contributed by atoms with van der Waals surface area (Å²) in [6.45, 7) is 1.19. The van der Waals surface area contributed by atoms with Crippen molar-refractivity contribution in [3.05, 3.63) is 69.2 Å². The van der Waals surface area contributed by atoms with Crippen molar-refractivity contribution in [2.45, 2.75) is 17.7 Å². The van der Waals surface area contributed by atoms with Crippen LogP contribution in [0, 0.1) is 10.1 Å². The van der Waals surface area contributed by atoms with Gasteiger partial charge in [0.2, 0.25) is 0 Å². The van der Waals surface area contributed by atoms with Gasteiger partial charge in [-0.15, -0.1) is 0 Å². The van der Waals surface area contributed by atoms with Crippen LogP contribution < -0.4 is 0 Å². The number of carbonyl (C=O) groups excluding carboxylic acids is 1. The second-order valence-corrected chi connectivity index (χ2v) is 6.76. The van der Waals surface area contributed by atoms with Gasteiger partial charge < -0.3 is 9.47 Å². The molecule has 1 unspecified atom stereocenters. The Morgan fingerprint density at radius 3 is 2.68 bits per heavy atom. The van der Waals surface area contributed by atoms with Gasteiger partial charge in [0.05, 0.1) is 23.0 Å². The smallest absolute Gasteiger partial charge is 0.269 e. The Kier molecular flexibility index (Phi) is 5.33. The molecule has 0 aromatic heterocycles. The zero-order chi connectivity index (χ0) is 17.8. The molecule has 2 aliphatic rings. The number of carbonyl (C=O) groups is 1. The zero-order valence-electron chi connectivity index (χ0n) is 13.3. The summed E-state index contributed by atoms with van der Waals surface area (Å²) in [5.74, 6) is 1.26. The summed E-state index contributed by atoms with van der Waals surface area (Å²) in [5.41, 5.74) is 1.34. The van der Waals surface area contributed by atoms with Gasteiger partial charge in [0.25, 0.3) is 5.69 Å². The van der Waals surface area contributed by atoms with Crippen molar-refractivity contribution in [1.82, 2.24) is 0 Å². The molecular formula is C18H16BrNO5. The van der Waals surface area contributed by atoms with Gasteiger partial charge in [-0.2, -0.15) is 0 Å². The fourth-order valence-electron chi connectivity index (χ4n) is 2.57. The number of ether oxygens (including phenoxy) is 2. The minimum absolute atomic E-state index is 0.0176. The first kappa shape index (κ1) is 17.4. The van der Waals surface area contributed by atoms with E-state index in [-0.39, 0.29) is 16.3 Å². The van der Waals surface area contributed by atoms with Crippen LogP contribution in [0.1, 0.15) is 18.4 Å². The number of nitrogens with zero attached hydrogens (tertiary/aromatic N) is 1. The van der Waals surface area contributed by atoms with Crippen LogP contribution >= 0.6 is 15.9 Å². The molecule has 130 valence electrons. The van der Waals surface area contributed by atoms with E-state index in [1.807, 2.05) is 0 Å². The molecule has 3 rings (SSSR count). The van der Waals surface area contributed by atoms with E-state index in [1.165, 1.54) is 18.2 Å². The Labute approximate surface area is 153 Å². The topological polar surface area (TPSA) is 78.7 Å². The minimum atomic E-state index is -0.457. The molecule has 1 aliphatic carbocycles. The van der Waals surface area contributed by atoms with Gasteiger partial charge in [-0.25, -0.2) is 0 Å². The number of hydrogen-bond donors (Lipinski definition) is 0. The van der Waals surface area contributed by atoms with Crippen molar-refractivity contribution in [3.8, 4) is 0 Å². The number of allylic oxidation sites excluding steroid dienone is 4. The van der Waals surface area contributed by atoms with Gasteiger partial charge in [-0.1, -0.05) is 22.0 Å². The molecule has 0 bridgehead atoms. The van der Waals surface area contributed by atoms with Crippen molar-refractivity contribution < 1.29 is 19.2 Å². The molecule has 1 aromatic carbocycles. The molecule has 0 saturated heterocycles. The molecule has 1 aromatic rings. The Hall–Kier alpha value is -2.41. The molecule has 1 aliphatic heterocycles. The number of non-ortho nitro benzene ring substituents is 1. The van der Waals surface area contributed by atoms with Crippen LogP contribution in [0.25, 0.3) is 6.08 Å². The first-order chi connectivity index (χ1) is 12.0. The Morgan fingerprint density at radius 1 is 1.24 bits per heavy atom. The quantitative estimate of drug-likeness (QED) is 0.328. The van der Waals surface area contributed by atoms with E-state index < -0.39 is 4.92 Å². The first-order valence-corrected chi connectivity index (χ1v) is 8.77. The maximum atomic E-state index is 12.5. The van der Waals surface area contributed by atoms with Crippen LogP contribution in [0.15, 0.2) is 53.5 Å². The maximum absolute atomic E-state index is 12.5. The lowest BCUT2D eigenvalue weighted by Gasteiger charge is -2.21. The van der Waals surface area contributed by atoms with E-state index in [1.54, 1.807) is 24.3 Å². The molecule has 25 heavy (non-hydrogen) atoms. The monoisotopic (exact) mass is 405 g/mol. The SMILES string of the molecule is O=C(C=Cc1ccc([N+](=O)[O-])cc1)C1=CC2=C(CC1Br)OCCCO2. The van der Waals surface area contributed by atoms with Gasteiger partial charge in [0, 0.05) is 30.5 Å².